The molecule has 2 aromatic heterocycles. The Hall–Kier alpha value is -2.75. The van der Waals surface area contributed by atoms with Crippen LogP contribution in [0.25, 0.3) is 11.4 Å². The quantitative estimate of drug-likeness (QED) is 0.648. The van der Waals surface area contributed by atoms with Crippen LogP contribution in [0.15, 0.2) is 30.5 Å². The number of nitrogens with one attached hydrogen (secondary N) is 3. The maximum Gasteiger partial charge on any atom is 0.269 e. The van der Waals surface area contributed by atoms with Gasteiger partial charge in [0.1, 0.15) is 11.4 Å². The lowest BCUT2D eigenvalue weighted by atomic mass is 10.1. The number of nitrogens with zero attached hydrogens (tertiary/aromatic N) is 2. The summed E-state index contributed by atoms with van der Waals surface area (Å²) in [5, 5.41) is 12.1. The van der Waals surface area contributed by atoms with Crippen molar-refractivity contribution in [3.8, 4) is 11.4 Å². The Morgan fingerprint density at radius 2 is 1.93 bits per heavy atom. The molecule has 0 spiro atoms. The van der Waals surface area contributed by atoms with Crippen molar-refractivity contribution in [1.29, 1.82) is 0 Å². The third-order valence-corrected chi connectivity index (χ3v) is 5.98. The normalized spacial score (nSPS) is 20.9. The summed E-state index contributed by atoms with van der Waals surface area (Å²) in [7, 11) is -3.34. The summed E-state index contributed by atoms with van der Waals surface area (Å²) in [5.74, 6) is -1.11. The van der Waals surface area contributed by atoms with Gasteiger partial charge in [-0.25, -0.2) is 8.42 Å². The minimum atomic E-state index is -3.34. The van der Waals surface area contributed by atoms with Crippen molar-refractivity contribution >= 4 is 21.7 Å². The number of H-pyrrole nitrogens is 1. The van der Waals surface area contributed by atoms with E-state index in [-0.39, 0.29) is 23.1 Å². The summed E-state index contributed by atoms with van der Waals surface area (Å²) in [6.45, 7) is 1.86. The van der Waals surface area contributed by atoms with E-state index < -0.39 is 27.8 Å². The van der Waals surface area contributed by atoms with Crippen LogP contribution in [0.5, 0.6) is 0 Å². The van der Waals surface area contributed by atoms with E-state index in [4.69, 9.17) is 0 Å². The molecule has 1 aliphatic rings. The Labute approximate surface area is 156 Å². The molecule has 3 rings (SSSR count). The summed E-state index contributed by atoms with van der Waals surface area (Å²) in [5.41, 5.74) is 1.31. The van der Waals surface area contributed by atoms with E-state index in [9.17, 15) is 18.0 Å². The highest BCUT2D eigenvalue weighted by Gasteiger charge is 2.39. The minimum absolute atomic E-state index is 0.185. The van der Waals surface area contributed by atoms with Crippen molar-refractivity contribution in [3.05, 3.63) is 36.2 Å². The Bertz CT molecular complexity index is 926. The van der Waals surface area contributed by atoms with E-state index in [2.05, 4.69) is 25.8 Å². The Balaban J connectivity index is 1.70. The van der Waals surface area contributed by atoms with Crippen molar-refractivity contribution in [2.45, 2.75) is 31.8 Å². The van der Waals surface area contributed by atoms with Crippen molar-refractivity contribution < 1.29 is 18.0 Å². The average molecular weight is 391 g/mol. The zero-order valence-corrected chi connectivity index (χ0v) is 15.6. The lowest BCUT2D eigenvalue weighted by Crippen LogP contribution is -2.51. The van der Waals surface area contributed by atoms with Gasteiger partial charge in [-0.15, -0.1) is 0 Å². The standard InChI is InChI=1S/C17H21N5O4S/c1-2-5-16(23)19-14-9-27(25,26)10-15(14)20-17(24)13-8-12(21-22-13)11-6-3-4-7-18-11/h3-4,6-8,14-15H,2,5,9-10H2,1H3,(H,19,23)(H,20,24)(H,21,22)/t14-,15-/m1/s1. The van der Waals surface area contributed by atoms with Crippen molar-refractivity contribution in [2.24, 2.45) is 0 Å². The van der Waals surface area contributed by atoms with Crippen molar-refractivity contribution in [3.63, 3.8) is 0 Å². The van der Waals surface area contributed by atoms with E-state index >= 15 is 0 Å². The van der Waals surface area contributed by atoms with E-state index in [0.717, 1.165) is 0 Å². The molecule has 1 saturated heterocycles. The van der Waals surface area contributed by atoms with Gasteiger partial charge in [-0.3, -0.25) is 19.7 Å². The lowest BCUT2D eigenvalue weighted by molar-refractivity contribution is -0.121. The summed E-state index contributed by atoms with van der Waals surface area (Å²) in [4.78, 5) is 28.5. The van der Waals surface area contributed by atoms with Crippen LogP contribution in [0.3, 0.4) is 0 Å². The number of aromatic amines is 1. The van der Waals surface area contributed by atoms with Crippen LogP contribution in [0, 0.1) is 0 Å². The monoisotopic (exact) mass is 391 g/mol. The van der Waals surface area contributed by atoms with E-state index in [1.54, 1.807) is 24.4 Å². The van der Waals surface area contributed by atoms with E-state index in [1.165, 1.54) is 0 Å². The smallest absolute Gasteiger partial charge is 0.269 e. The fourth-order valence-corrected chi connectivity index (χ4v) is 4.83. The van der Waals surface area contributed by atoms with Gasteiger partial charge < -0.3 is 10.6 Å². The molecule has 0 saturated carbocycles. The van der Waals surface area contributed by atoms with Crippen LogP contribution >= 0.6 is 0 Å². The van der Waals surface area contributed by atoms with Gasteiger partial charge in [-0.1, -0.05) is 13.0 Å². The topological polar surface area (TPSA) is 134 Å². The first-order valence-electron chi connectivity index (χ1n) is 8.65. The number of pyridine rings is 1. The Morgan fingerprint density at radius 3 is 2.59 bits per heavy atom. The minimum Gasteiger partial charge on any atom is -0.350 e. The average Bonchev–Trinajstić information content (AvgIpc) is 3.21. The van der Waals surface area contributed by atoms with E-state index in [1.807, 2.05) is 13.0 Å². The molecule has 0 bridgehead atoms. The van der Waals surface area contributed by atoms with Crippen molar-refractivity contribution in [2.75, 3.05) is 11.5 Å². The predicted molar refractivity (Wildman–Crippen MR) is 98.6 cm³/mol. The first kappa shape index (κ1) is 19.0. The highest BCUT2D eigenvalue weighted by molar-refractivity contribution is 7.91. The Morgan fingerprint density at radius 1 is 1.19 bits per heavy atom. The molecule has 0 radical (unpaired) electrons. The third-order valence-electron chi connectivity index (χ3n) is 4.24. The predicted octanol–water partition coefficient (Wildman–Crippen LogP) is 0.283. The van der Waals surface area contributed by atoms with Gasteiger partial charge in [0.2, 0.25) is 5.91 Å². The SMILES string of the molecule is CCCC(=O)N[C@@H]1CS(=O)(=O)C[C@H]1NC(=O)c1cc(-c2ccccn2)n[nH]1. The molecule has 0 aliphatic carbocycles. The molecule has 144 valence electrons. The molecule has 9 nitrogen and oxygen atoms in total. The molecule has 2 aromatic rings. The zero-order chi connectivity index (χ0) is 19.4. The summed E-state index contributed by atoms with van der Waals surface area (Å²) in [6.07, 6.45) is 2.59. The molecule has 27 heavy (non-hydrogen) atoms. The van der Waals surface area contributed by atoms with Gasteiger partial charge in [0.25, 0.3) is 5.91 Å². The van der Waals surface area contributed by atoms with Gasteiger partial charge in [-0.05, 0) is 24.6 Å². The van der Waals surface area contributed by atoms with Gasteiger partial charge in [0, 0.05) is 12.6 Å². The Kier molecular flexibility index (Phi) is 5.54. The number of carbonyl (C=O) groups excluding carboxylic acids is 2. The number of hydrogen-bond donors (Lipinski definition) is 3. The molecule has 0 unspecified atom stereocenters. The molecule has 2 atom stereocenters. The van der Waals surface area contributed by atoms with Gasteiger partial charge in [-0.2, -0.15) is 5.10 Å². The van der Waals surface area contributed by atoms with Crippen LogP contribution in [-0.4, -0.2) is 59.0 Å². The van der Waals surface area contributed by atoms with Crippen LogP contribution in [0.2, 0.25) is 0 Å². The molecule has 3 heterocycles. The fourth-order valence-electron chi connectivity index (χ4n) is 2.97. The first-order valence-corrected chi connectivity index (χ1v) is 10.5. The second-order valence-electron chi connectivity index (χ2n) is 6.46. The zero-order valence-electron chi connectivity index (χ0n) is 14.8. The summed E-state index contributed by atoms with van der Waals surface area (Å²) in [6, 6.07) is 5.56. The molecule has 1 fully saturated rings. The second-order valence-corrected chi connectivity index (χ2v) is 8.62. The van der Waals surface area contributed by atoms with Crippen LogP contribution in [-0.2, 0) is 14.6 Å². The van der Waals surface area contributed by atoms with Crippen molar-refractivity contribution in [1.82, 2.24) is 25.8 Å². The molecular formula is C17H21N5O4S. The molecular weight excluding hydrogens is 370 g/mol. The molecule has 2 amide bonds. The maximum absolute atomic E-state index is 12.5. The number of hydrogen-bond acceptors (Lipinski definition) is 6. The number of carbonyl (C=O) groups is 2. The van der Waals surface area contributed by atoms with Crippen LogP contribution in [0.4, 0.5) is 0 Å². The fraction of sp³-hybridized carbons (Fsp3) is 0.412. The number of aromatic nitrogens is 3. The molecule has 1 aliphatic heterocycles. The highest BCUT2D eigenvalue weighted by Crippen LogP contribution is 2.16. The van der Waals surface area contributed by atoms with Crippen LogP contribution < -0.4 is 10.6 Å². The first-order chi connectivity index (χ1) is 12.9. The van der Waals surface area contributed by atoms with Gasteiger partial charge in [0.15, 0.2) is 9.84 Å². The van der Waals surface area contributed by atoms with Crippen LogP contribution in [0.1, 0.15) is 30.3 Å². The number of rotatable bonds is 6. The second kappa shape index (κ2) is 7.87. The molecule has 10 heteroatoms. The molecule has 3 N–H and O–H groups in total. The third kappa shape index (κ3) is 4.70. The van der Waals surface area contributed by atoms with Gasteiger partial charge >= 0.3 is 0 Å². The number of sulfone groups is 1. The molecule has 0 aromatic carbocycles. The lowest BCUT2D eigenvalue weighted by Gasteiger charge is -2.20. The summed E-state index contributed by atoms with van der Waals surface area (Å²) < 4.78 is 23.9. The summed E-state index contributed by atoms with van der Waals surface area (Å²) >= 11 is 0. The highest BCUT2D eigenvalue weighted by atomic mass is 32.2. The van der Waals surface area contributed by atoms with E-state index in [0.29, 0.717) is 24.2 Å². The largest absolute Gasteiger partial charge is 0.350 e. The van der Waals surface area contributed by atoms with Gasteiger partial charge in [0.05, 0.1) is 29.3 Å². The maximum atomic E-state index is 12.5. The number of amides is 2.